The average Bonchev–Trinajstić information content (AvgIpc) is 2.73. The second-order valence-electron chi connectivity index (χ2n) is 9.26. The number of halogens is 2. The molecule has 170 valence electrons. The molecule has 2 aromatic rings. The maximum atomic E-state index is 11.5. The minimum Gasteiger partial charge on any atom is -0.478 e. The lowest BCUT2D eigenvalue weighted by molar-refractivity contribution is -0.0123. The molecule has 0 bridgehead atoms. The second kappa shape index (κ2) is 8.82. The Hall–Kier alpha value is -1.86. The van der Waals surface area contributed by atoms with Crippen LogP contribution in [0.4, 0.5) is 5.69 Å². The van der Waals surface area contributed by atoms with E-state index in [9.17, 15) is 9.90 Å². The van der Waals surface area contributed by atoms with Crippen molar-refractivity contribution >= 4 is 44.8 Å². The highest BCUT2D eigenvalue weighted by molar-refractivity contribution is 9.10. The molecule has 2 heterocycles. The van der Waals surface area contributed by atoms with Crippen molar-refractivity contribution in [2.75, 3.05) is 31.1 Å². The minimum atomic E-state index is -0.942. The molecule has 0 radical (unpaired) electrons. The van der Waals surface area contributed by atoms with Crippen LogP contribution in [-0.4, -0.2) is 48.5 Å². The van der Waals surface area contributed by atoms with Gasteiger partial charge < -0.3 is 20.1 Å². The van der Waals surface area contributed by atoms with E-state index in [0.717, 1.165) is 42.3 Å². The molecule has 0 aliphatic carbocycles. The first kappa shape index (κ1) is 23.3. The Bertz CT molecular complexity index is 1070. The number of carboxylic acid groups (broad SMARTS) is 1. The highest BCUT2D eigenvalue weighted by Gasteiger charge is 2.43. The van der Waals surface area contributed by atoms with E-state index in [-0.39, 0.29) is 16.7 Å². The fourth-order valence-corrected chi connectivity index (χ4v) is 5.40. The van der Waals surface area contributed by atoms with Crippen LogP contribution in [0.3, 0.4) is 0 Å². The van der Waals surface area contributed by atoms with Gasteiger partial charge >= 0.3 is 5.97 Å². The number of rotatable bonds is 4. The van der Waals surface area contributed by atoms with Gasteiger partial charge in [-0.25, -0.2) is 4.79 Å². The first-order valence-electron chi connectivity index (χ1n) is 10.7. The van der Waals surface area contributed by atoms with Crippen LogP contribution in [0.1, 0.15) is 43.1 Å². The molecular weight excluding hydrogens is 492 g/mol. The van der Waals surface area contributed by atoms with Crippen molar-refractivity contribution in [1.82, 2.24) is 5.32 Å². The average molecular weight is 520 g/mol. The summed E-state index contributed by atoms with van der Waals surface area (Å²) < 4.78 is 6.88. The summed E-state index contributed by atoms with van der Waals surface area (Å²) in [5.41, 5.74) is 4.34. The molecule has 1 unspecified atom stereocenters. The quantitative estimate of drug-likeness (QED) is 0.549. The summed E-state index contributed by atoms with van der Waals surface area (Å²) >= 11 is 9.61. The summed E-state index contributed by atoms with van der Waals surface area (Å²) in [4.78, 5) is 13.8. The summed E-state index contributed by atoms with van der Waals surface area (Å²) in [5.74, 6) is -0.942. The van der Waals surface area contributed by atoms with Crippen LogP contribution in [0.2, 0.25) is 5.02 Å². The highest BCUT2D eigenvalue weighted by atomic mass is 79.9. The molecule has 2 aliphatic heterocycles. The van der Waals surface area contributed by atoms with Gasteiger partial charge in [-0.3, -0.25) is 0 Å². The molecule has 5 nitrogen and oxygen atoms in total. The first-order valence-corrected chi connectivity index (χ1v) is 11.9. The third-order valence-corrected chi connectivity index (χ3v) is 7.40. The molecule has 2 aliphatic rings. The highest BCUT2D eigenvalue weighted by Crippen LogP contribution is 2.43. The maximum Gasteiger partial charge on any atom is 0.336 e. The van der Waals surface area contributed by atoms with Crippen molar-refractivity contribution in [2.24, 2.45) is 0 Å². The molecule has 0 saturated carbocycles. The number of anilines is 1. The smallest absolute Gasteiger partial charge is 0.336 e. The van der Waals surface area contributed by atoms with Gasteiger partial charge in [-0.1, -0.05) is 23.7 Å². The number of nitrogens with zero attached hydrogens (tertiary/aromatic N) is 1. The van der Waals surface area contributed by atoms with Gasteiger partial charge in [0.1, 0.15) is 0 Å². The van der Waals surface area contributed by atoms with Gasteiger partial charge in [-0.2, -0.15) is 0 Å². The molecule has 32 heavy (non-hydrogen) atoms. The Labute approximate surface area is 202 Å². The lowest BCUT2D eigenvalue weighted by atomic mass is 9.77. The van der Waals surface area contributed by atoms with Gasteiger partial charge in [0.2, 0.25) is 0 Å². The van der Waals surface area contributed by atoms with Crippen molar-refractivity contribution in [2.45, 2.75) is 38.3 Å². The van der Waals surface area contributed by atoms with Crippen molar-refractivity contribution in [1.29, 1.82) is 0 Å². The fourth-order valence-electron chi connectivity index (χ4n) is 4.74. The van der Waals surface area contributed by atoms with Crippen LogP contribution in [0, 0.1) is 0 Å². The number of benzene rings is 2. The second-order valence-corrected chi connectivity index (χ2v) is 10.6. The number of carbonyl (C=O) groups is 1. The summed E-state index contributed by atoms with van der Waals surface area (Å²) in [7, 11) is 0. The van der Waals surface area contributed by atoms with Crippen LogP contribution in [0.15, 0.2) is 52.5 Å². The topological polar surface area (TPSA) is 61.8 Å². The van der Waals surface area contributed by atoms with Crippen LogP contribution < -0.4 is 10.2 Å². The predicted octanol–water partition coefficient (Wildman–Crippen LogP) is 5.62. The number of hydrogen-bond donors (Lipinski definition) is 2. The summed E-state index contributed by atoms with van der Waals surface area (Å²) in [6, 6.07) is 13.5. The van der Waals surface area contributed by atoms with Crippen LogP contribution in [-0.2, 0) is 4.74 Å². The molecule has 4 rings (SSSR count). The Morgan fingerprint density at radius 2 is 1.91 bits per heavy atom. The molecule has 2 N–H and O–H groups in total. The Balaban J connectivity index is 1.83. The van der Waals surface area contributed by atoms with E-state index in [4.69, 9.17) is 16.3 Å². The molecule has 7 heteroatoms. The normalized spacial score (nSPS) is 23.3. The van der Waals surface area contributed by atoms with Crippen LogP contribution >= 0.6 is 27.5 Å². The Kier molecular flexibility index (Phi) is 6.43. The van der Waals surface area contributed by atoms with E-state index >= 15 is 0 Å². The zero-order valence-corrected chi connectivity index (χ0v) is 20.9. The molecule has 0 spiro atoms. The monoisotopic (exact) mass is 518 g/mol. The number of hydrogen-bond acceptors (Lipinski definition) is 4. The van der Waals surface area contributed by atoms with Gasteiger partial charge in [-0.05, 0) is 83.7 Å². The number of ether oxygens (including phenoxy) is 1. The van der Waals surface area contributed by atoms with Gasteiger partial charge in [-0.15, -0.1) is 0 Å². The van der Waals surface area contributed by atoms with Gasteiger partial charge in [0, 0.05) is 41.2 Å². The molecule has 0 aromatic heterocycles. The first-order chi connectivity index (χ1) is 15.1. The number of aromatic carboxylic acids is 1. The third-order valence-electron chi connectivity index (χ3n) is 6.49. The molecular formula is C25H28BrClN2O3. The number of nitrogens with one attached hydrogen (secondary N) is 1. The molecule has 1 atom stereocenters. The minimum absolute atomic E-state index is 0.256. The molecule has 1 saturated heterocycles. The molecule has 0 amide bonds. The van der Waals surface area contributed by atoms with Gasteiger partial charge in [0.25, 0.3) is 0 Å². The summed E-state index contributed by atoms with van der Waals surface area (Å²) in [6.45, 7) is 9.45. The van der Waals surface area contributed by atoms with E-state index in [0.29, 0.717) is 11.1 Å². The summed E-state index contributed by atoms with van der Waals surface area (Å²) in [5, 5.41) is 13.7. The van der Waals surface area contributed by atoms with Crippen LogP contribution in [0.25, 0.3) is 5.57 Å². The standard InChI is InChI=1S/C25H28BrClN2O3/c1-24(2)13-20(16-4-6-17(27)7-5-16)21(14-32-24)25(3)15-28-10-11-29(25)18-8-9-19(23(30)31)22(26)12-18/h4-9,12,28H,10-11,13-15H2,1-3H3,(H,30,31). The SMILES string of the molecule is CC1(C)CC(c2ccc(Cl)cc2)=C(C2(C)CNCCN2c2ccc(C(=O)O)c(Br)c2)CO1. The van der Waals surface area contributed by atoms with Crippen molar-refractivity contribution in [3.63, 3.8) is 0 Å². The zero-order valence-electron chi connectivity index (χ0n) is 18.5. The van der Waals surface area contributed by atoms with E-state index < -0.39 is 5.97 Å². The summed E-state index contributed by atoms with van der Waals surface area (Å²) in [6.07, 6.45) is 0.801. The third kappa shape index (κ3) is 4.46. The molecule has 2 aromatic carbocycles. The predicted molar refractivity (Wildman–Crippen MR) is 133 cm³/mol. The Morgan fingerprint density at radius 1 is 1.19 bits per heavy atom. The van der Waals surface area contributed by atoms with Gasteiger partial charge in [0.15, 0.2) is 0 Å². The molecule has 1 fully saturated rings. The van der Waals surface area contributed by atoms with Crippen molar-refractivity contribution < 1.29 is 14.6 Å². The van der Waals surface area contributed by atoms with Gasteiger partial charge in [0.05, 0.1) is 23.3 Å². The largest absolute Gasteiger partial charge is 0.478 e. The maximum absolute atomic E-state index is 11.5. The lowest BCUT2D eigenvalue weighted by Crippen LogP contribution is -2.62. The van der Waals surface area contributed by atoms with Crippen LogP contribution in [0.5, 0.6) is 0 Å². The number of carboxylic acids is 1. The van der Waals surface area contributed by atoms with E-state index in [1.807, 2.05) is 24.3 Å². The van der Waals surface area contributed by atoms with E-state index in [1.54, 1.807) is 6.07 Å². The number of piperazine rings is 1. The van der Waals surface area contributed by atoms with Crippen molar-refractivity contribution in [3.8, 4) is 0 Å². The van der Waals surface area contributed by atoms with E-state index in [2.05, 4.69) is 59.1 Å². The Morgan fingerprint density at radius 3 is 2.56 bits per heavy atom. The van der Waals surface area contributed by atoms with E-state index in [1.165, 1.54) is 11.1 Å². The van der Waals surface area contributed by atoms with Crippen molar-refractivity contribution in [3.05, 3.63) is 68.7 Å². The fraction of sp³-hybridized carbons (Fsp3) is 0.400. The zero-order chi connectivity index (χ0) is 23.1. The lowest BCUT2D eigenvalue weighted by Gasteiger charge is -2.51.